The van der Waals surface area contributed by atoms with E-state index in [9.17, 15) is 14.4 Å². The molecule has 1 saturated heterocycles. The molecule has 2 aromatic heterocycles. The van der Waals surface area contributed by atoms with E-state index in [-0.39, 0.29) is 29.4 Å². The number of rotatable bonds is 5. The van der Waals surface area contributed by atoms with Crippen molar-refractivity contribution in [1.29, 1.82) is 0 Å². The Morgan fingerprint density at radius 2 is 1.92 bits per heavy atom. The van der Waals surface area contributed by atoms with Crippen molar-refractivity contribution in [3.8, 4) is 0 Å². The van der Waals surface area contributed by atoms with Gasteiger partial charge in [-0.05, 0) is 25.7 Å². The van der Waals surface area contributed by atoms with Crippen molar-refractivity contribution in [2.24, 2.45) is 0 Å². The summed E-state index contributed by atoms with van der Waals surface area (Å²) in [7, 11) is 4.08. The minimum atomic E-state index is -0.239. The van der Waals surface area contributed by atoms with Crippen LogP contribution in [0.3, 0.4) is 0 Å². The van der Waals surface area contributed by atoms with E-state index in [1.165, 1.54) is 30.2 Å². The third-order valence-corrected chi connectivity index (χ3v) is 5.98. The normalized spacial score (nSPS) is 16.9. The molecule has 1 amide bonds. The van der Waals surface area contributed by atoms with Gasteiger partial charge in [-0.2, -0.15) is 0 Å². The second-order valence-corrected chi connectivity index (χ2v) is 8.95. The number of nitrogens with zero attached hydrogens (tertiary/aromatic N) is 5. The predicted molar refractivity (Wildman–Crippen MR) is 137 cm³/mol. The molecule has 4 heterocycles. The molecule has 2 aliphatic heterocycles. The lowest BCUT2D eigenvalue weighted by Gasteiger charge is -2.27. The van der Waals surface area contributed by atoms with Crippen LogP contribution in [0.15, 0.2) is 58.5 Å². The van der Waals surface area contributed by atoms with Crippen LogP contribution in [0.1, 0.15) is 17.3 Å². The Morgan fingerprint density at radius 3 is 2.58 bits per heavy atom. The standard InChI is InChI=1S/C21H27N5O3.C4H4N2O/c1-24(2)13-15-14-26(17-6-4-3-5-16(15)17)21(28)11-18-22-19(12-20(27)23-18)25-7-9-29-10-8-25;7-4-1-2-5-3-6-4/h3-6,12,15H,7-11,13-14H2,1-2H3,(H,22,23,27);1-3H,(H,5,6,7)/t15-;/m0./s1. The Hall–Kier alpha value is -3.83. The Morgan fingerprint density at radius 1 is 1.14 bits per heavy atom. The number of aromatic nitrogens is 4. The number of carbonyl (C=O) groups is 1. The highest BCUT2D eigenvalue weighted by molar-refractivity contribution is 5.96. The number of H-pyrrole nitrogens is 2. The number of para-hydroxylation sites is 1. The molecular weight excluding hydrogens is 462 g/mol. The number of nitrogens with one attached hydrogen (secondary N) is 2. The van der Waals surface area contributed by atoms with E-state index in [0.717, 1.165) is 12.2 Å². The van der Waals surface area contributed by atoms with Gasteiger partial charge in [0.1, 0.15) is 11.6 Å². The summed E-state index contributed by atoms with van der Waals surface area (Å²) >= 11 is 0. The summed E-state index contributed by atoms with van der Waals surface area (Å²) in [6, 6.07) is 10.9. The SMILES string of the molecule is CN(C)C[C@H]1CN(C(=O)Cc2nc(N3CCOCC3)cc(=O)[nH]2)c2ccccc21.O=c1ccnc[nH]1. The van der Waals surface area contributed by atoms with Gasteiger partial charge in [0.2, 0.25) is 5.91 Å². The first-order valence-corrected chi connectivity index (χ1v) is 11.9. The molecule has 190 valence electrons. The monoisotopic (exact) mass is 493 g/mol. The molecule has 11 nitrogen and oxygen atoms in total. The van der Waals surface area contributed by atoms with Gasteiger partial charge < -0.3 is 29.4 Å². The summed E-state index contributed by atoms with van der Waals surface area (Å²) < 4.78 is 5.36. The van der Waals surface area contributed by atoms with Crippen molar-refractivity contribution < 1.29 is 9.53 Å². The van der Waals surface area contributed by atoms with Gasteiger partial charge in [-0.3, -0.25) is 14.4 Å². The number of hydrogen-bond acceptors (Lipinski definition) is 8. The molecular formula is C25H31N7O4. The average molecular weight is 494 g/mol. The maximum atomic E-state index is 13.1. The van der Waals surface area contributed by atoms with E-state index >= 15 is 0 Å². The summed E-state index contributed by atoms with van der Waals surface area (Å²) in [6.07, 6.45) is 2.86. The van der Waals surface area contributed by atoms with Gasteiger partial charge in [0, 0.05) is 56.1 Å². The molecule has 0 spiro atoms. The fourth-order valence-electron chi connectivity index (χ4n) is 4.40. The molecule has 2 N–H and O–H groups in total. The number of anilines is 2. The molecule has 0 aliphatic carbocycles. The average Bonchev–Trinajstić information content (AvgIpc) is 3.23. The Balaban J connectivity index is 0.000000375. The zero-order valence-corrected chi connectivity index (χ0v) is 20.5. The van der Waals surface area contributed by atoms with Crippen LogP contribution < -0.4 is 20.9 Å². The van der Waals surface area contributed by atoms with E-state index in [1.807, 2.05) is 42.1 Å². The van der Waals surface area contributed by atoms with Gasteiger partial charge in [-0.25, -0.2) is 9.97 Å². The summed E-state index contributed by atoms with van der Waals surface area (Å²) in [5.74, 6) is 1.22. The number of hydrogen-bond donors (Lipinski definition) is 2. The molecule has 0 unspecified atom stereocenters. The molecule has 2 aliphatic rings. The molecule has 1 atom stereocenters. The maximum absolute atomic E-state index is 13.1. The van der Waals surface area contributed by atoms with Crippen LogP contribution in [0.2, 0.25) is 0 Å². The number of amides is 1. The number of likely N-dealkylation sites (N-methyl/N-ethyl adjacent to an activating group) is 1. The highest BCUT2D eigenvalue weighted by atomic mass is 16.5. The lowest BCUT2D eigenvalue weighted by molar-refractivity contribution is -0.118. The minimum absolute atomic E-state index is 0.0546. The molecule has 0 radical (unpaired) electrons. The number of fused-ring (bicyclic) bond motifs is 1. The van der Waals surface area contributed by atoms with Gasteiger partial charge in [-0.15, -0.1) is 0 Å². The van der Waals surface area contributed by atoms with Crippen molar-refractivity contribution in [2.45, 2.75) is 12.3 Å². The van der Waals surface area contributed by atoms with Crippen molar-refractivity contribution in [1.82, 2.24) is 24.8 Å². The third kappa shape index (κ3) is 6.43. The van der Waals surface area contributed by atoms with E-state index in [4.69, 9.17) is 4.74 Å². The summed E-state index contributed by atoms with van der Waals surface area (Å²) in [5, 5.41) is 0. The van der Waals surface area contributed by atoms with E-state index in [0.29, 0.717) is 44.5 Å². The Labute approximate surface area is 208 Å². The van der Waals surface area contributed by atoms with E-state index in [2.05, 4.69) is 30.9 Å². The first-order chi connectivity index (χ1) is 17.4. The molecule has 1 fully saturated rings. The van der Waals surface area contributed by atoms with Crippen LogP contribution in [-0.4, -0.2) is 84.2 Å². The third-order valence-electron chi connectivity index (χ3n) is 5.98. The summed E-state index contributed by atoms with van der Waals surface area (Å²) in [4.78, 5) is 54.7. The number of ether oxygens (including phenoxy) is 1. The number of benzene rings is 1. The van der Waals surface area contributed by atoms with Crippen LogP contribution in [0.25, 0.3) is 0 Å². The minimum Gasteiger partial charge on any atom is -0.378 e. The summed E-state index contributed by atoms with van der Waals surface area (Å²) in [6.45, 7) is 4.12. The second-order valence-electron chi connectivity index (χ2n) is 8.95. The molecule has 3 aromatic rings. The topological polar surface area (TPSA) is 128 Å². The zero-order chi connectivity index (χ0) is 25.5. The quantitative estimate of drug-likeness (QED) is 0.529. The maximum Gasteiger partial charge on any atom is 0.252 e. The molecule has 11 heteroatoms. The smallest absolute Gasteiger partial charge is 0.252 e. The highest BCUT2D eigenvalue weighted by Crippen LogP contribution is 2.36. The lowest BCUT2D eigenvalue weighted by Crippen LogP contribution is -2.38. The van der Waals surface area contributed by atoms with Crippen LogP contribution in [0.4, 0.5) is 11.5 Å². The van der Waals surface area contributed by atoms with Gasteiger partial charge in [0.25, 0.3) is 11.1 Å². The summed E-state index contributed by atoms with van der Waals surface area (Å²) in [5.41, 5.74) is 1.79. The lowest BCUT2D eigenvalue weighted by atomic mass is 10.0. The Kier molecular flexibility index (Phi) is 8.24. The largest absolute Gasteiger partial charge is 0.378 e. The van der Waals surface area contributed by atoms with Gasteiger partial charge in [0.05, 0.1) is 26.0 Å². The predicted octanol–water partition coefficient (Wildman–Crippen LogP) is 0.611. The molecule has 5 rings (SSSR count). The van der Waals surface area contributed by atoms with Crippen LogP contribution in [0, 0.1) is 0 Å². The van der Waals surface area contributed by atoms with Crippen LogP contribution >= 0.6 is 0 Å². The van der Waals surface area contributed by atoms with Crippen LogP contribution in [0.5, 0.6) is 0 Å². The Bertz CT molecular complexity index is 1270. The van der Waals surface area contributed by atoms with E-state index in [1.54, 1.807) is 0 Å². The van der Waals surface area contributed by atoms with Crippen molar-refractivity contribution >= 4 is 17.4 Å². The van der Waals surface area contributed by atoms with Crippen molar-refractivity contribution in [3.05, 3.63) is 81.0 Å². The van der Waals surface area contributed by atoms with Crippen molar-refractivity contribution in [3.63, 3.8) is 0 Å². The van der Waals surface area contributed by atoms with Crippen LogP contribution in [-0.2, 0) is 16.0 Å². The molecule has 0 bridgehead atoms. The number of morpholine rings is 1. The molecule has 0 saturated carbocycles. The number of carbonyl (C=O) groups excluding carboxylic acids is 1. The second kappa shape index (κ2) is 11.7. The highest BCUT2D eigenvalue weighted by Gasteiger charge is 2.32. The van der Waals surface area contributed by atoms with Gasteiger partial charge >= 0.3 is 0 Å². The first kappa shape index (κ1) is 25.3. The molecule has 1 aromatic carbocycles. The fourth-order valence-corrected chi connectivity index (χ4v) is 4.40. The molecule has 36 heavy (non-hydrogen) atoms. The fraction of sp³-hybridized carbons (Fsp3) is 0.400. The first-order valence-electron chi connectivity index (χ1n) is 11.9. The van der Waals surface area contributed by atoms with Gasteiger partial charge in [0.15, 0.2) is 0 Å². The van der Waals surface area contributed by atoms with Crippen molar-refractivity contribution in [2.75, 3.05) is 63.3 Å². The zero-order valence-electron chi connectivity index (χ0n) is 20.5. The van der Waals surface area contributed by atoms with E-state index < -0.39 is 0 Å². The number of aromatic amines is 2. The van der Waals surface area contributed by atoms with Gasteiger partial charge in [-0.1, -0.05) is 18.2 Å².